The molecule has 1 aliphatic heterocycles. The van der Waals surface area contributed by atoms with Crippen molar-refractivity contribution in [2.75, 3.05) is 0 Å². The van der Waals surface area contributed by atoms with E-state index in [0.717, 1.165) is 11.1 Å². The smallest absolute Gasteiger partial charge is 0.296 e. The second kappa shape index (κ2) is 10.7. The number of aliphatic hydroxyl groups is 1. The van der Waals surface area contributed by atoms with Gasteiger partial charge in [-0.15, -0.1) is 0 Å². The van der Waals surface area contributed by atoms with Crippen molar-refractivity contribution in [1.29, 1.82) is 0 Å². The number of aryl methyl sites for hydroxylation is 1. The number of likely N-dealkylation sites (tertiary alicyclic amines) is 1. The van der Waals surface area contributed by atoms with E-state index in [4.69, 9.17) is 9.15 Å². The molecule has 0 bridgehead atoms. The number of hydrogen-bond donors (Lipinski definition) is 1. The molecule has 1 aromatic heterocycles. The van der Waals surface area contributed by atoms with Crippen LogP contribution >= 0.6 is 0 Å². The maximum Gasteiger partial charge on any atom is 0.296 e. The zero-order valence-electron chi connectivity index (χ0n) is 20.9. The highest BCUT2D eigenvalue weighted by Crippen LogP contribution is 2.41. The van der Waals surface area contributed by atoms with Crippen LogP contribution < -0.4 is 4.74 Å². The fourth-order valence-corrected chi connectivity index (χ4v) is 4.57. The molecule has 196 valence electrons. The quantitative estimate of drug-likeness (QED) is 0.103. The minimum atomic E-state index is -0.979. The van der Waals surface area contributed by atoms with E-state index in [1.165, 1.54) is 35.4 Å². The van der Waals surface area contributed by atoms with E-state index in [2.05, 4.69) is 0 Å². The molecule has 9 heteroatoms. The van der Waals surface area contributed by atoms with Gasteiger partial charge in [-0.2, -0.15) is 0 Å². The number of nitro benzene ring substituents is 1. The van der Waals surface area contributed by atoms with Gasteiger partial charge in [0.05, 0.1) is 29.3 Å². The normalized spacial score (nSPS) is 16.4. The zero-order valence-corrected chi connectivity index (χ0v) is 20.9. The topological polar surface area (TPSA) is 123 Å². The summed E-state index contributed by atoms with van der Waals surface area (Å²) in [5, 5.41) is 22.4. The summed E-state index contributed by atoms with van der Waals surface area (Å²) in [4.78, 5) is 38.2. The number of carbonyl (C=O) groups excluding carboxylic acids is 2. The van der Waals surface area contributed by atoms with Crippen molar-refractivity contribution in [2.24, 2.45) is 0 Å². The second-order valence-electron chi connectivity index (χ2n) is 9.16. The van der Waals surface area contributed by atoms with Gasteiger partial charge in [0.2, 0.25) is 0 Å². The molecule has 2 heterocycles. The molecule has 0 spiro atoms. The van der Waals surface area contributed by atoms with Gasteiger partial charge in [-0.25, -0.2) is 0 Å². The molecule has 1 saturated heterocycles. The number of carbonyl (C=O) groups is 2. The Morgan fingerprint density at radius 2 is 1.77 bits per heavy atom. The van der Waals surface area contributed by atoms with Crippen LogP contribution in [0.2, 0.25) is 0 Å². The van der Waals surface area contributed by atoms with Gasteiger partial charge in [-0.3, -0.25) is 19.7 Å². The number of hydrogen-bond acceptors (Lipinski definition) is 7. The third kappa shape index (κ3) is 5.28. The van der Waals surface area contributed by atoms with E-state index in [1.807, 2.05) is 31.2 Å². The van der Waals surface area contributed by atoms with Crippen LogP contribution in [0.15, 0.2) is 101 Å². The molecule has 1 aliphatic rings. The first kappa shape index (κ1) is 25.5. The van der Waals surface area contributed by atoms with Gasteiger partial charge in [0, 0.05) is 17.7 Å². The number of Topliss-reactive ketones (excluding diaryl/α,β-unsaturated/α-hetero) is 1. The summed E-state index contributed by atoms with van der Waals surface area (Å²) >= 11 is 0. The lowest BCUT2D eigenvalue weighted by Crippen LogP contribution is -2.29. The highest BCUT2D eigenvalue weighted by atomic mass is 16.6. The van der Waals surface area contributed by atoms with Crippen LogP contribution in [0.5, 0.6) is 5.75 Å². The first-order valence-corrected chi connectivity index (χ1v) is 12.2. The van der Waals surface area contributed by atoms with Crippen LogP contribution in [0, 0.1) is 17.0 Å². The van der Waals surface area contributed by atoms with Crippen LogP contribution in [0.3, 0.4) is 0 Å². The van der Waals surface area contributed by atoms with E-state index >= 15 is 0 Å². The number of furan rings is 1. The Morgan fingerprint density at radius 1 is 1.03 bits per heavy atom. The number of non-ortho nitro benzene ring substituents is 1. The van der Waals surface area contributed by atoms with Crippen LogP contribution in [0.25, 0.3) is 5.76 Å². The Morgan fingerprint density at radius 3 is 2.41 bits per heavy atom. The van der Waals surface area contributed by atoms with E-state index in [0.29, 0.717) is 29.2 Å². The third-order valence-corrected chi connectivity index (χ3v) is 6.48. The highest BCUT2D eigenvalue weighted by molar-refractivity contribution is 6.46. The van der Waals surface area contributed by atoms with Crippen molar-refractivity contribution in [3.05, 3.63) is 135 Å². The summed E-state index contributed by atoms with van der Waals surface area (Å²) in [5.74, 6) is -1.02. The molecule has 9 nitrogen and oxygen atoms in total. The maximum atomic E-state index is 13.2. The lowest BCUT2D eigenvalue weighted by molar-refractivity contribution is -0.384. The summed E-state index contributed by atoms with van der Waals surface area (Å²) in [6.45, 7) is 2.34. The number of benzene rings is 3. The van der Waals surface area contributed by atoms with Crippen LogP contribution in [-0.4, -0.2) is 26.6 Å². The summed E-state index contributed by atoms with van der Waals surface area (Å²) in [7, 11) is 0. The number of aliphatic hydroxyl groups excluding tert-OH is 1. The van der Waals surface area contributed by atoms with Gasteiger partial charge in [-0.05, 0) is 66.6 Å². The van der Waals surface area contributed by atoms with E-state index in [-0.39, 0.29) is 23.6 Å². The van der Waals surface area contributed by atoms with Crippen molar-refractivity contribution in [2.45, 2.75) is 26.1 Å². The largest absolute Gasteiger partial charge is 0.507 e. The Balaban J connectivity index is 1.47. The standard InChI is InChI=1S/C30H24N2O7/c1-19-4-2-5-20(16-19)18-39-24-13-9-22(10-14-24)28(33)26-27(21-7-11-23(12-8-21)32(36)37)31(30(35)29(26)34)17-25-6-3-15-38-25/h2-16,27,33H,17-18H2,1H3/b28-26+. The van der Waals surface area contributed by atoms with Gasteiger partial charge < -0.3 is 19.2 Å². The Kier molecular flexibility index (Phi) is 6.96. The second-order valence-corrected chi connectivity index (χ2v) is 9.16. The Bertz CT molecular complexity index is 1560. The first-order valence-electron chi connectivity index (χ1n) is 12.2. The van der Waals surface area contributed by atoms with Gasteiger partial charge in [0.25, 0.3) is 17.4 Å². The number of nitrogens with zero attached hydrogens (tertiary/aromatic N) is 2. The minimum Gasteiger partial charge on any atom is -0.507 e. The molecule has 4 aromatic rings. The number of ether oxygens (including phenoxy) is 1. The maximum absolute atomic E-state index is 13.2. The van der Waals surface area contributed by atoms with Crippen molar-refractivity contribution in [3.63, 3.8) is 0 Å². The van der Waals surface area contributed by atoms with Crippen LogP contribution in [0.4, 0.5) is 5.69 Å². The number of amides is 1. The van der Waals surface area contributed by atoms with E-state index in [9.17, 15) is 24.8 Å². The summed E-state index contributed by atoms with van der Waals surface area (Å²) < 4.78 is 11.2. The molecule has 1 N–H and O–H groups in total. The molecule has 0 saturated carbocycles. The number of rotatable bonds is 8. The summed E-state index contributed by atoms with van der Waals surface area (Å²) in [6, 6.07) is 22.4. The monoisotopic (exact) mass is 524 g/mol. The Labute approximate surface area is 223 Å². The molecule has 0 radical (unpaired) electrons. The van der Waals surface area contributed by atoms with E-state index < -0.39 is 22.7 Å². The van der Waals surface area contributed by atoms with Crippen molar-refractivity contribution >= 4 is 23.1 Å². The highest BCUT2D eigenvalue weighted by Gasteiger charge is 2.46. The average molecular weight is 525 g/mol. The molecule has 0 aliphatic carbocycles. The van der Waals surface area contributed by atoms with Crippen molar-refractivity contribution in [1.82, 2.24) is 4.90 Å². The fourth-order valence-electron chi connectivity index (χ4n) is 4.57. The van der Waals surface area contributed by atoms with Crippen molar-refractivity contribution < 1.29 is 28.8 Å². The number of ketones is 1. The lowest BCUT2D eigenvalue weighted by atomic mass is 9.95. The third-order valence-electron chi connectivity index (χ3n) is 6.48. The average Bonchev–Trinajstić information content (AvgIpc) is 3.54. The minimum absolute atomic E-state index is 0.0260. The molecule has 1 unspecified atom stereocenters. The molecule has 39 heavy (non-hydrogen) atoms. The fraction of sp³-hybridized carbons (Fsp3) is 0.133. The van der Waals surface area contributed by atoms with Crippen LogP contribution in [-0.2, 0) is 22.7 Å². The van der Waals surface area contributed by atoms with Gasteiger partial charge in [-0.1, -0.05) is 29.8 Å². The zero-order chi connectivity index (χ0) is 27.5. The van der Waals surface area contributed by atoms with Crippen molar-refractivity contribution in [3.8, 4) is 5.75 Å². The molecule has 1 fully saturated rings. The molecular weight excluding hydrogens is 500 g/mol. The molecule has 1 amide bonds. The van der Waals surface area contributed by atoms with Gasteiger partial charge >= 0.3 is 0 Å². The van der Waals surface area contributed by atoms with E-state index in [1.54, 1.807) is 36.4 Å². The molecular formula is C30H24N2O7. The summed E-state index contributed by atoms with van der Waals surface area (Å²) in [6.07, 6.45) is 1.45. The van der Waals surface area contributed by atoms with Crippen LogP contribution in [0.1, 0.15) is 34.1 Å². The Hall–Kier alpha value is -5.18. The molecule has 3 aromatic carbocycles. The summed E-state index contributed by atoms with van der Waals surface area (Å²) in [5.41, 5.74) is 2.65. The SMILES string of the molecule is Cc1cccc(COc2ccc(/C(O)=C3\C(=O)C(=O)N(Cc4ccco4)C3c3ccc([N+](=O)[O-])cc3)cc2)c1. The number of nitro groups is 1. The van der Waals surface area contributed by atoms with Gasteiger partial charge in [0.1, 0.15) is 23.9 Å². The van der Waals surface area contributed by atoms with Gasteiger partial charge in [0.15, 0.2) is 0 Å². The predicted octanol–water partition coefficient (Wildman–Crippen LogP) is 5.70. The molecule has 5 rings (SSSR count). The lowest BCUT2D eigenvalue weighted by Gasteiger charge is -2.24. The predicted molar refractivity (Wildman–Crippen MR) is 142 cm³/mol. The molecule has 1 atom stereocenters. The first-order chi connectivity index (χ1) is 18.8.